The number of carbonyl (C=O) groups excluding carboxylic acids is 2. The fraction of sp³-hybridized carbons (Fsp3) is 0.889. The zero-order valence-electron chi connectivity index (χ0n) is 15.0. The zero-order chi connectivity index (χ0) is 17.9. The maximum Gasteiger partial charge on any atom is 0.223 e. The maximum atomic E-state index is 12.3. The minimum atomic E-state index is -0.537. The van der Waals surface area contributed by atoms with Crippen molar-refractivity contribution in [2.75, 3.05) is 0 Å². The molecule has 0 aromatic carbocycles. The predicted molar refractivity (Wildman–Crippen MR) is 91.1 cm³/mol. The lowest BCUT2D eigenvalue weighted by Crippen LogP contribution is -2.42. The molecular formula is C18H32N2O4. The molecule has 2 amide bonds. The molecule has 0 heterocycles. The van der Waals surface area contributed by atoms with E-state index in [2.05, 4.69) is 10.6 Å². The third-order valence-electron chi connectivity index (χ3n) is 5.42. The Kier molecular flexibility index (Phi) is 6.63. The fourth-order valence-corrected chi connectivity index (χ4v) is 3.86. The van der Waals surface area contributed by atoms with Crippen LogP contribution >= 0.6 is 0 Å². The van der Waals surface area contributed by atoms with E-state index in [1.807, 2.05) is 20.8 Å². The van der Waals surface area contributed by atoms with Crippen molar-refractivity contribution in [1.29, 1.82) is 0 Å². The lowest BCUT2D eigenvalue weighted by Gasteiger charge is -2.21. The number of carbonyl (C=O) groups is 2. The van der Waals surface area contributed by atoms with Crippen molar-refractivity contribution in [1.82, 2.24) is 10.6 Å². The maximum absolute atomic E-state index is 12.3. The van der Waals surface area contributed by atoms with Crippen molar-refractivity contribution in [3.63, 3.8) is 0 Å². The molecule has 6 nitrogen and oxygen atoms in total. The topological polar surface area (TPSA) is 98.7 Å². The summed E-state index contributed by atoms with van der Waals surface area (Å²) in [5, 5.41) is 25.8. The fourth-order valence-electron chi connectivity index (χ4n) is 3.86. The zero-order valence-corrected chi connectivity index (χ0v) is 15.0. The predicted octanol–water partition coefficient (Wildman–Crippen LogP) is 0.954. The van der Waals surface area contributed by atoms with Crippen molar-refractivity contribution in [3.8, 4) is 0 Å². The lowest BCUT2D eigenvalue weighted by molar-refractivity contribution is -0.126. The number of nitrogens with one attached hydrogen (secondary N) is 2. The van der Waals surface area contributed by atoms with Gasteiger partial charge in [0, 0.05) is 11.8 Å². The molecule has 24 heavy (non-hydrogen) atoms. The molecule has 2 fully saturated rings. The number of aliphatic hydroxyl groups excluding tert-OH is 2. The Hall–Kier alpha value is -1.14. The Morgan fingerprint density at radius 1 is 0.958 bits per heavy atom. The molecule has 0 bridgehead atoms. The van der Waals surface area contributed by atoms with Gasteiger partial charge in [-0.25, -0.2) is 0 Å². The van der Waals surface area contributed by atoms with Gasteiger partial charge in [0.15, 0.2) is 0 Å². The minimum absolute atomic E-state index is 0.0231. The normalized spacial score (nSPS) is 34.3. The Morgan fingerprint density at radius 3 is 2.21 bits per heavy atom. The summed E-state index contributed by atoms with van der Waals surface area (Å²) in [6.07, 6.45) is 3.60. The van der Waals surface area contributed by atoms with Crippen LogP contribution in [-0.2, 0) is 9.59 Å². The van der Waals surface area contributed by atoms with Gasteiger partial charge in [0.1, 0.15) is 0 Å². The van der Waals surface area contributed by atoms with Crippen LogP contribution in [0.15, 0.2) is 0 Å². The highest BCUT2D eigenvalue weighted by atomic mass is 16.3. The second-order valence-corrected chi connectivity index (χ2v) is 7.92. The second-order valence-electron chi connectivity index (χ2n) is 7.92. The van der Waals surface area contributed by atoms with E-state index in [0.717, 1.165) is 19.3 Å². The number of hydrogen-bond donors (Lipinski definition) is 4. The van der Waals surface area contributed by atoms with E-state index >= 15 is 0 Å². The largest absolute Gasteiger partial charge is 0.391 e. The van der Waals surface area contributed by atoms with Gasteiger partial charge in [0.2, 0.25) is 11.8 Å². The van der Waals surface area contributed by atoms with Gasteiger partial charge in [-0.1, -0.05) is 20.8 Å². The smallest absolute Gasteiger partial charge is 0.223 e. The highest BCUT2D eigenvalue weighted by Crippen LogP contribution is 2.32. The van der Waals surface area contributed by atoms with Crippen LogP contribution < -0.4 is 10.6 Å². The Bertz CT molecular complexity index is 454. The number of hydrogen-bond acceptors (Lipinski definition) is 4. The molecule has 0 radical (unpaired) electrons. The summed E-state index contributed by atoms with van der Waals surface area (Å²) in [5.41, 5.74) is 0. The van der Waals surface area contributed by atoms with Crippen LogP contribution in [0, 0.1) is 17.8 Å². The van der Waals surface area contributed by atoms with E-state index < -0.39 is 12.2 Å². The molecule has 138 valence electrons. The molecule has 6 heteroatoms. The molecule has 0 aliphatic heterocycles. The van der Waals surface area contributed by atoms with E-state index in [0.29, 0.717) is 19.3 Å². The SMILES string of the molecule is CC(C)C(=O)N[C@H]1CC(CC(C)C(=O)N[C@@H]2CCC[C@H]2O)C[C@@H]1O. The molecule has 0 spiro atoms. The Morgan fingerprint density at radius 2 is 1.62 bits per heavy atom. The van der Waals surface area contributed by atoms with Gasteiger partial charge in [-0.3, -0.25) is 9.59 Å². The quantitative estimate of drug-likeness (QED) is 0.579. The molecule has 0 aromatic heterocycles. The van der Waals surface area contributed by atoms with Gasteiger partial charge in [0.05, 0.1) is 24.3 Å². The summed E-state index contributed by atoms with van der Waals surface area (Å²) in [5.74, 6) is -0.0918. The molecule has 0 saturated heterocycles. The Labute approximate surface area is 144 Å². The van der Waals surface area contributed by atoms with Crippen LogP contribution in [0.4, 0.5) is 0 Å². The van der Waals surface area contributed by atoms with Crippen molar-refractivity contribution in [2.24, 2.45) is 17.8 Å². The molecule has 6 atom stereocenters. The Balaban J connectivity index is 1.78. The van der Waals surface area contributed by atoms with Gasteiger partial charge in [-0.15, -0.1) is 0 Å². The average molecular weight is 340 g/mol. The van der Waals surface area contributed by atoms with Gasteiger partial charge in [0.25, 0.3) is 0 Å². The van der Waals surface area contributed by atoms with E-state index in [4.69, 9.17) is 0 Å². The molecule has 2 aliphatic rings. The van der Waals surface area contributed by atoms with E-state index in [1.54, 1.807) is 0 Å². The summed E-state index contributed by atoms with van der Waals surface area (Å²) in [6, 6.07) is -0.330. The van der Waals surface area contributed by atoms with Crippen molar-refractivity contribution in [3.05, 3.63) is 0 Å². The highest BCUT2D eigenvalue weighted by molar-refractivity contribution is 5.79. The third-order valence-corrected chi connectivity index (χ3v) is 5.42. The summed E-state index contributed by atoms with van der Waals surface area (Å²) in [6.45, 7) is 5.55. The molecule has 2 aliphatic carbocycles. The van der Waals surface area contributed by atoms with Gasteiger partial charge >= 0.3 is 0 Å². The summed E-state index contributed by atoms with van der Waals surface area (Å²) < 4.78 is 0. The molecule has 4 N–H and O–H groups in total. The van der Waals surface area contributed by atoms with Crippen LogP contribution in [0.5, 0.6) is 0 Å². The first kappa shape index (κ1) is 19.2. The standard InChI is InChI=1S/C18H32N2O4/c1-10(2)17(23)20-14-8-12(9-16(14)22)7-11(3)18(24)19-13-5-4-6-15(13)21/h10-16,21-22H,4-9H2,1-3H3,(H,19,24)(H,20,23)/t11?,12?,13-,14+,15-,16+/m1/s1. The van der Waals surface area contributed by atoms with Gasteiger partial charge in [-0.2, -0.15) is 0 Å². The summed E-state index contributed by atoms with van der Waals surface area (Å²) in [4.78, 5) is 24.1. The minimum Gasteiger partial charge on any atom is -0.391 e. The van der Waals surface area contributed by atoms with Crippen molar-refractivity contribution >= 4 is 11.8 Å². The first-order valence-corrected chi connectivity index (χ1v) is 9.24. The monoisotopic (exact) mass is 340 g/mol. The van der Waals surface area contributed by atoms with Crippen LogP contribution in [-0.4, -0.2) is 46.3 Å². The second kappa shape index (κ2) is 8.30. The molecule has 0 aromatic rings. The van der Waals surface area contributed by atoms with Crippen LogP contribution in [0.25, 0.3) is 0 Å². The first-order valence-electron chi connectivity index (χ1n) is 9.24. The third kappa shape index (κ3) is 4.93. The highest BCUT2D eigenvalue weighted by Gasteiger charge is 2.36. The lowest BCUT2D eigenvalue weighted by atomic mass is 9.93. The summed E-state index contributed by atoms with van der Waals surface area (Å²) in [7, 11) is 0. The van der Waals surface area contributed by atoms with E-state index in [-0.39, 0.29) is 41.7 Å². The summed E-state index contributed by atoms with van der Waals surface area (Å²) >= 11 is 0. The van der Waals surface area contributed by atoms with Crippen molar-refractivity contribution in [2.45, 2.75) is 83.6 Å². The first-order chi connectivity index (χ1) is 11.3. The number of amides is 2. The molecule has 2 rings (SSSR count). The molecule has 2 saturated carbocycles. The van der Waals surface area contributed by atoms with Crippen molar-refractivity contribution < 1.29 is 19.8 Å². The van der Waals surface area contributed by atoms with E-state index in [9.17, 15) is 19.8 Å². The van der Waals surface area contributed by atoms with Crippen LogP contribution in [0.1, 0.15) is 59.3 Å². The van der Waals surface area contributed by atoms with Crippen LogP contribution in [0.3, 0.4) is 0 Å². The molecule has 2 unspecified atom stereocenters. The average Bonchev–Trinajstić information content (AvgIpc) is 3.05. The van der Waals surface area contributed by atoms with Gasteiger partial charge < -0.3 is 20.8 Å². The van der Waals surface area contributed by atoms with E-state index in [1.165, 1.54) is 0 Å². The van der Waals surface area contributed by atoms with Gasteiger partial charge in [-0.05, 0) is 44.4 Å². The number of aliphatic hydroxyl groups is 2. The molecular weight excluding hydrogens is 308 g/mol. The number of rotatable bonds is 6. The van der Waals surface area contributed by atoms with Crippen LogP contribution in [0.2, 0.25) is 0 Å².